The molecule has 23 heavy (non-hydrogen) atoms. The van der Waals surface area contributed by atoms with Gasteiger partial charge in [-0.2, -0.15) is 4.98 Å². The molecule has 0 unspecified atom stereocenters. The van der Waals surface area contributed by atoms with Gasteiger partial charge in [0.25, 0.3) is 0 Å². The summed E-state index contributed by atoms with van der Waals surface area (Å²) in [6.07, 6.45) is 1.22. The minimum absolute atomic E-state index is 0.614. The van der Waals surface area contributed by atoms with Gasteiger partial charge in [-0.25, -0.2) is 0 Å². The summed E-state index contributed by atoms with van der Waals surface area (Å²) < 4.78 is 10.6. The minimum Gasteiger partial charge on any atom is -0.497 e. The summed E-state index contributed by atoms with van der Waals surface area (Å²) >= 11 is 0. The zero-order chi connectivity index (χ0) is 16.1. The van der Waals surface area contributed by atoms with Crippen LogP contribution in [0, 0.1) is 0 Å². The fourth-order valence-electron chi connectivity index (χ4n) is 2.88. The Morgan fingerprint density at radius 2 is 1.96 bits per heavy atom. The molecule has 1 aliphatic rings. The Morgan fingerprint density at radius 3 is 2.70 bits per heavy atom. The lowest BCUT2D eigenvalue weighted by molar-refractivity contribution is 0.117. The first-order valence-corrected chi connectivity index (χ1v) is 8.20. The Balaban J connectivity index is 1.59. The van der Waals surface area contributed by atoms with Gasteiger partial charge in [0, 0.05) is 31.7 Å². The first kappa shape index (κ1) is 16.0. The summed E-state index contributed by atoms with van der Waals surface area (Å²) in [5.41, 5.74) is 0.909. The van der Waals surface area contributed by atoms with Crippen molar-refractivity contribution in [2.24, 2.45) is 0 Å². The van der Waals surface area contributed by atoms with Gasteiger partial charge in [0.05, 0.1) is 13.7 Å². The van der Waals surface area contributed by atoms with E-state index in [2.05, 4.69) is 26.9 Å². The van der Waals surface area contributed by atoms with Crippen molar-refractivity contribution < 1.29 is 9.26 Å². The summed E-state index contributed by atoms with van der Waals surface area (Å²) in [5, 5.41) is 4.09. The molecule has 0 bridgehead atoms. The van der Waals surface area contributed by atoms with Crippen molar-refractivity contribution in [3.8, 4) is 17.1 Å². The van der Waals surface area contributed by atoms with Gasteiger partial charge in [-0.1, -0.05) is 24.2 Å². The number of piperazine rings is 1. The smallest absolute Gasteiger partial charge is 0.241 e. The lowest BCUT2D eigenvalue weighted by Gasteiger charge is -2.33. The van der Waals surface area contributed by atoms with Crippen LogP contribution in [-0.2, 0) is 6.54 Å². The van der Waals surface area contributed by atoms with E-state index >= 15 is 0 Å². The van der Waals surface area contributed by atoms with Crippen LogP contribution in [0.5, 0.6) is 5.75 Å². The molecule has 6 nitrogen and oxygen atoms in total. The van der Waals surface area contributed by atoms with Crippen molar-refractivity contribution in [2.45, 2.75) is 19.9 Å². The number of benzene rings is 1. The van der Waals surface area contributed by atoms with Crippen LogP contribution in [-0.4, -0.2) is 59.8 Å². The maximum absolute atomic E-state index is 5.41. The lowest BCUT2D eigenvalue weighted by atomic mass is 10.2. The Labute approximate surface area is 137 Å². The van der Waals surface area contributed by atoms with Crippen molar-refractivity contribution in [3.05, 3.63) is 30.2 Å². The minimum atomic E-state index is 0.614. The molecular formula is C17H24N4O2. The van der Waals surface area contributed by atoms with Gasteiger partial charge in [0.1, 0.15) is 5.75 Å². The summed E-state index contributed by atoms with van der Waals surface area (Å²) in [7, 11) is 1.65. The third-order valence-electron chi connectivity index (χ3n) is 4.16. The molecule has 1 aliphatic heterocycles. The van der Waals surface area contributed by atoms with E-state index in [0.29, 0.717) is 11.7 Å². The quantitative estimate of drug-likeness (QED) is 0.815. The predicted molar refractivity (Wildman–Crippen MR) is 88.3 cm³/mol. The number of nitrogens with zero attached hydrogens (tertiary/aromatic N) is 4. The van der Waals surface area contributed by atoms with E-state index in [0.717, 1.165) is 44.0 Å². The second kappa shape index (κ2) is 7.57. The van der Waals surface area contributed by atoms with E-state index in [4.69, 9.17) is 9.26 Å². The van der Waals surface area contributed by atoms with Gasteiger partial charge >= 0.3 is 0 Å². The SMILES string of the molecule is CCCN1CCN(Cc2nc(-c3cccc(OC)c3)no2)CC1. The van der Waals surface area contributed by atoms with Crippen molar-refractivity contribution in [2.75, 3.05) is 39.8 Å². The lowest BCUT2D eigenvalue weighted by Crippen LogP contribution is -2.46. The molecular weight excluding hydrogens is 292 g/mol. The van der Waals surface area contributed by atoms with Crippen molar-refractivity contribution in [3.63, 3.8) is 0 Å². The zero-order valence-corrected chi connectivity index (χ0v) is 13.9. The number of hydrogen-bond acceptors (Lipinski definition) is 6. The molecule has 1 aromatic heterocycles. The van der Waals surface area contributed by atoms with Crippen molar-refractivity contribution >= 4 is 0 Å². The van der Waals surface area contributed by atoms with Crippen LogP contribution < -0.4 is 4.74 Å². The van der Waals surface area contributed by atoms with Crippen LogP contribution in [0.25, 0.3) is 11.4 Å². The molecule has 1 saturated heterocycles. The van der Waals surface area contributed by atoms with Crippen LogP contribution in [0.1, 0.15) is 19.2 Å². The van der Waals surface area contributed by atoms with Crippen molar-refractivity contribution in [1.82, 2.24) is 19.9 Å². The number of rotatable bonds is 6. The van der Waals surface area contributed by atoms with E-state index in [1.807, 2.05) is 24.3 Å². The highest BCUT2D eigenvalue weighted by molar-refractivity contribution is 5.56. The van der Waals surface area contributed by atoms with Crippen LogP contribution in [0.15, 0.2) is 28.8 Å². The van der Waals surface area contributed by atoms with Gasteiger partial charge in [0.2, 0.25) is 11.7 Å². The fraction of sp³-hybridized carbons (Fsp3) is 0.529. The summed E-state index contributed by atoms with van der Waals surface area (Å²) in [5.74, 6) is 2.08. The van der Waals surface area contributed by atoms with E-state index in [-0.39, 0.29) is 0 Å². The maximum Gasteiger partial charge on any atom is 0.241 e. The second-order valence-electron chi connectivity index (χ2n) is 5.86. The van der Waals surface area contributed by atoms with Crippen LogP contribution in [0.3, 0.4) is 0 Å². The Morgan fingerprint density at radius 1 is 1.17 bits per heavy atom. The van der Waals surface area contributed by atoms with Gasteiger partial charge in [-0.05, 0) is 25.1 Å². The average Bonchev–Trinajstić information content (AvgIpc) is 3.05. The molecule has 1 aromatic carbocycles. The predicted octanol–water partition coefficient (Wildman–Crippen LogP) is 2.27. The largest absolute Gasteiger partial charge is 0.497 e. The fourth-order valence-corrected chi connectivity index (χ4v) is 2.88. The molecule has 0 aliphatic carbocycles. The van der Waals surface area contributed by atoms with Gasteiger partial charge in [-0.3, -0.25) is 4.90 Å². The average molecular weight is 316 g/mol. The Kier molecular flexibility index (Phi) is 5.25. The Hall–Kier alpha value is -1.92. The third-order valence-corrected chi connectivity index (χ3v) is 4.16. The number of hydrogen-bond donors (Lipinski definition) is 0. The maximum atomic E-state index is 5.41. The number of aromatic nitrogens is 2. The molecule has 0 atom stereocenters. The highest BCUT2D eigenvalue weighted by Gasteiger charge is 2.19. The molecule has 0 spiro atoms. The number of ether oxygens (including phenoxy) is 1. The highest BCUT2D eigenvalue weighted by atomic mass is 16.5. The molecule has 2 heterocycles. The zero-order valence-electron chi connectivity index (χ0n) is 13.9. The normalized spacial score (nSPS) is 16.6. The second-order valence-corrected chi connectivity index (χ2v) is 5.86. The Bertz CT molecular complexity index is 621. The topological polar surface area (TPSA) is 54.6 Å². The molecule has 0 radical (unpaired) electrons. The molecule has 0 amide bonds. The summed E-state index contributed by atoms with van der Waals surface area (Å²) in [4.78, 5) is 9.39. The van der Waals surface area contributed by atoms with E-state index in [9.17, 15) is 0 Å². The molecule has 0 saturated carbocycles. The van der Waals surface area contributed by atoms with Crippen LogP contribution in [0.2, 0.25) is 0 Å². The standard InChI is InChI=1S/C17H24N4O2/c1-3-7-20-8-10-21(11-9-20)13-16-18-17(19-23-16)14-5-4-6-15(12-14)22-2/h4-6,12H,3,7-11,13H2,1-2H3. The molecule has 0 N–H and O–H groups in total. The molecule has 3 rings (SSSR count). The molecule has 6 heteroatoms. The summed E-state index contributed by atoms with van der Waals surface area (Å²) in [6, 6.07) is 7.70. The van der Waals surface area contributed by atoms with Gasteiger partial charge < -0.3 is 14.2 Å². The van der Waals surface area contributed by atoms with E-state index < -0.39 is 0 Å². The molecule has 1 fully saturated rings. The van der Waals surface area contributed by atoms with Crippen molar-refractivity contribution in [1.29, 1.82) is 0 Å². The van der Waals surface area contributed by atoms with Crippen LogP contribution in [0.4, 0.5) is 0 Å². The highest BCUT2D eigenvalue weighted by Crippen LogP contribution is 2.21. The molecule has 2 aromatic rings. The first-order valence-electron chi connectivity index (χ1n) is 8.20. The van der Waals surface area contributed by atoms with E-state index in [1.54, 1.807) is 7.11 Å². The van der Waals surface area contributed by atoms with Gasteiger partial charge in [-0.15, -0.1) is 0 Å². The monoisotopic (exact) mass is 316 g/mol. The van der Waals surface area contributed by atoms with Gasteiger partial charge in [0.15, 0.2) is 0 Å². The van der Waals surface area contributed by atoms with Crippen LogP contribution >= 0.6 is 0 Å². The number of methoxy groups -OCH3 is 1. The first-order chi connectivity index (χ1) is 11.3. The van der Waals surface area contributed by atoms with E-state index in [1.165, 1.54) is 13.0 Å². The third kappa shape index (κ3) is 4.09. The summed E-state index contributed by atoms with van der Waals surface area (Å²) in [6.45, 7) is 8.47. The molecule has 124 valence electrons.